The SMILES string of the molecule is C[C@H]1[C@H](C)CC[C@@]2(C(=O)O)CC[C@]3(C(=O)O)C(=CC[C@@H]4[C@@]5(C)CC[C@H](O[C@@H]6O[C@H](CO)[C@@H](O)[C@H](O)[C@H]6O)C(C)(C)[C@@H]5CC[C@]43C)[C@H]12. The molecule has 0 aromatic heterocycles. The van der Waals surface area contributed by atoms with Crippen LogP contribution in [0.5, 0.6) is 0 Å². The Morgan fingerprint density at radius 3 is 2.20 bits per heavy atom. The summed E-state index contributed by atoms with van der Waals surface area (Å²) in [7, 11) is 0. The van der Waals surface area contributed by atoms with Crippen molar-refractivity contribution in [2.24, 2.45) is 56.7 Å². The molecule has 5 aliphatic carbocycles. The smallest absolute Gasteiger partial charge is 0.314 e. The number of hydrogen-bond donors (Lipinski definition) is 6. The average molecular weight is 649 g/mol. The topological polar surface area (TPSA) is 174 Å². The van der Waals surface area contributed by atoms with Crippen LogP contribution in [0.4, 0.5) is 0 Å². The second-order valence-electron chi connectivity index (χ2n) is 17.2. The van der Waals surface area contributed by atoms with E-state index in [0.717, 1.165) is 31.3 Å². The van der Waals surface area contributed by atoms with Gasteiger partial charge in [0.1, 0.15) is 24.4 Å². The van der Waals surface area contributed by atoms with Crippen LogP contribution >= 0.6 is 0 Å². The van der Waals surface area contributed by atoms with Crippen molar-refractivity contribution in [2.45, 2.75) is 136 Å². The van der Waals surface area contributed by atoms with Gasteiger partial charge in [-0.1, -0.05) is 53.2 Å². The minimum Gasteiger partial charge on any atom is -0.481 e. The van der Waals surface area contributed by atoms with E-state index in [-0.39, 0.29) is 35.2 Å². The third-order valence-electron chi connectivity index (χ3n) is 15.3. The molecule has 0 bridgehead atoms. The number of carboxylic acids is 2. The van der Waals surface area contributed by atoms with E-state index >= 15 is 0 Å². The molecule has 0 spiro atoms. The lowest BCUT2D eigenvalue weighted by molar-refractivity contribution is -0.330. The first-order valence-electron chi connectivity index (χ1n) is 17.6. The number of hydrogen-bond acceptors (Lipinski definition) is 8. The largest absolute Gasteiger partial charge is 0.481 e. The monoisotopic (exact) mass is 648 g/mol. The van der Waals surface area contributed by atoms with Gasteiger partial charge in [-0.2, -0.15) is 0 Å². The highest BCUT2D eigenvalue weighted by atomic mass is 16.7. The molecule has 6 rings (SSSR count). The van der Waals surface area contributed by atoms with Crippen molar-refractivity contribution in [1.82, 2.24) is 0 Å². The molecule has 5 fully saturated rings. The van der Waals surface area contributed by atoms with Crippen LogP contribution in [0.15, 0.2) is 11.6 Å². The van der Waals surface area contributed by atoms with Gasteiger partial charge in [-0.15, -0.1) is 0 Å². The summed E-state index contributed by atoms with van der Waals surface area (Å²) < 4.78 is 12.1. The zero-order valence-corrected chi connectivity index (χ0v) is 28.3. The Labute approximate surface area is 272 Å². The number of aliphatic hydroxyl groups is 4. The first kappa shape index (κ1) is 34.3. The van der Waals surface area contributed by atoms with Gasteiger partial charge in [0.05, 0.1) is 23.5 Å². The third-order valence-corrected chi connectivity index (χ3v) is 15.3. The van der Waals surface area contributed by atoms with Crippen molar-refractivity contribution in [3.8, 4) is 0 Å². The molecule has 0 radical (unpaired) electrons. The van der Waals surface area contributed by atoms with Gasteiger partial charge in [0.2, 0.25) is 0 Å². The Hall–Kier alpha value is -1.56. The number of rotatable bonds is 5. The lowest BCUT2D eigenvalue weighted by Crippen LogP contribution is -2.68. The summed E-state index contributed by atoms with van der Waals surface area (Å²) in [4.78, 5) is 26.8. The molecule has 0 amide bonds. The van der Waals surface area contributed by atoms with Crippen LogP contribution in [0.1, 0.15) is 99.3 Å². The Kier molecular flexibility index (Phi) is 8.38. The minimum absolute atomic E-state index is 0.0692. The maximum atomic E-state index is 13.8. The van der Waals surface area contributed by atoms with Crippen LogP contribution in [0.3, 0.4) is 0 Å². The maximum Gasteiger partial charge on any atom is 0.314 e. The molecule has 6 N–H and O–H groups in total. The maximum absolute atomic E-state index is 13.8. The second-order valence-corrected chi connectivity index (χ2v) is 17.2. The van der Waals surface area contributed by atoms with E-state index in [9.17, 15) is 40.2 Å². The molecule has 260 valence electrons. The summed E-state index contributed by atoms with van der Waals surface area (Å²) in [5.41, 5.74) is -2.32. The molecular weight excluding hydrogens is 592 g/mol. The highest BCUT2D eigenvalue weighted by molar-refractivity contribution is 5.84. The zero-order chi connectivity index (χ0) is 33.8. The molecule has 6 aliphatic rings. The Morgan fingerprint density at radius 1 is 0.870 bits per heavy atom. The van der Waals surface area contributed by atoms with Gasteiger partial charge < -0.3 is 40.1 Å². The van der Waals surface area contributed by atoms with Crippen molar-refractivity contribution < 1.29 is 49.7 Å². The van der Waals surface area contributed by atoms with E-state index in [2.05, 4.69) is 47.6 Å². The number of aliphatic hydroxyl groups excluding tert-OH is 4. The van der Waals surface area contributed by atoms with Crippen LogP contribution in [0.2, 0.25) is 0 Å². The standard InChI is InChI=1S/C36H56O10/c1-18-9-14-35(30(41)42)15-16-36(31(43)44)20(25(35)19(18)2)7-8-23-33(5)12-11-24(32(3,4)22(33)10-13-34(23,36)6)46-29-28(40)27(39)26(38)21(17-37)45-29/h7,18-19,21-29,37-40H,8-17H2,1-6H3,(H,41,42)(H,43,44)/t18-,19+,21-,22+,23-,24+,25+,26-,27+,28-,29+,33+,34-,35-,36-/m1/s1. The number of fused-ring (bicyclic) bond motifs is 7. The summed E-state index contributed by atoms with van der Waals surface area (Å²) >= 11 is 0. The predicted molar refractivity (Wildman–Crippen MR) is 167 cm³/mol. The van der Waals surface area contributed by atoms with E-state index in [1.165, 1.54) is 0 Å². The van der Waals surface area contributed by atoms with E-state index in [1.807, 2.05) is 0 Å². The molecule has 15 atom stereocenters. The van der Waals surface area contributed by atoms with Gasteiger partial charge in [0, 0.05) is 0 Å². The van der Waals surface area contributed by atoms with Crippen LogP contribution in [-0.4, -0.2) is 86.0 Å². The summed E-state index contributed by atoms with van der Waals surface area (Å²) in [6, 6.07) is 0. The van der Waals surface area contributed by atoms with E-state index in [4.69, 9.17) is 9.47 Å². The van der Waals surface area contributed by atoms with E-state index in [0.29, 0.717) is 38.0 Å². The fourth-order valence-corrected chi connectivity index (χ4v) is 12.6. The van der Waals surface area contributed by atoms with Crippen LogP contribution in [0, 0.1) is 56.7 Å². The van der Waals surface area contributed by atoms with Gasteiger partial charge in [-0.3, -0.25) is 9.59 Å². The summed E-state index contributed by atoms with van der Waals surface area (Å²) in [5, 5.41) is 63.0. The predicted octanol–water partition coefficient (Wildman–Crippen LogP) is 3.98. The highest BCUT2D eigenvalue weighted by Gasteiger charge is 2.73. The first-order chi connectivity index (χ1) is 21.4. The van der Waals surface area contributed by atoms with E-state index in [1.54, 1.807) is 0 Å². The number of carboxylic acid groups (broad SMARTS) is 2. The van der Waals surface area contributed by atoms with Crippen molar-refractivity contribution in [1.29, 1.82) is 0 Å². The van der Waals surface area contributed by atoms with Crippen LogP contribution in [-0.2, 0) is 19.1 Å². The van der Waals surface area contributed by atoms with Gasteiger partial charge in [-0.05, 0) is 104 Å². The van der Waals surface area contributed by atoms with Crippen molar-refractivity contribution >= 4 is 11.9 Å². The Bertz CT molecular complexity index is 1260. The molecule has 46 heavy (non-hydrogen) atoms. The molecule has 1 saturated heterocycles. The van der Waals surface area contributed by atoms with Crippen molar-refractivity contribution in [3.63, 3.8) is 0 Å². The number of allylic oxidation sites excluding steroid dienone is 1. The van der Waals surface area contributed by atoms with Crippen molar-refractivity contribution in [3.05, 3.63) is 11.6 Å². The molecule has 0 aromatic rings. The molecule has 1 heterocycles. The number of ether oxygens (including phenoxy) is 2. The van der Waals surface area contributed by atoms with Gasteiger partial charge in [0.25, 0.3) is 0 Å². The number of aliphatic carboxylic acids is 2. The Balaban J connectivity index is 1.34. The normalized spacial score (nSPS) is 53.1. The summed E-state index contributed by atoms with van der Waals surface area (Å²) in [6.07, 6.45) is 0.942. The summed E-state index contributed by atoms with van der Waals surface area (Å²) in [5.74, 6) is -1.24. The van der Waals surface area contributed by atoms with Gasteiger partial charge in [-0.25, -0.2) is 0 Å². The van der Waals surface area contributed by atoms with Gasteiger partial charge >= 0.3 is 11.9 Å². The highest BCUT2D eigenvalue weighted by Crippen LogP contribution is 2.76. The van der Waals surface area contributed by atoms with E-state index < -0.39 is 70.9 Å². The molecule has 0 aromatic carbocycles. The lowest BCUT2D eigenvalue weighted by Gasteiger charge is -2.70. The fraction of sp³-hybridized carbons (Fsp3) is 0.889. The van der Waals surface area contributed by atoms with Crippen LogP contribution in [0.25, 0.3) is 0 Å². The molecule has 1 aliphatic heterocycles. The average Bonchev–Trinajstić information content (AvgIpc) is 2.99. The molecule has 4 saturated carbocycles. The second kappa shape index (κ2) is 11.2. The molecule has 10 nitrogen and oxygen atoms in total. The quantitative estimate of drug-likeness (QED) is 0.189. The molecular formula is C36H56O10. The first-order valence-corrected chi connectivity index (χ1v) is 17.6. The molecule has 0 unspecified atom stereocenters. The third kappa shape index (κ3) is 4.35. The van der Waals surface area contributed by atoms with Gasteiger partial charge in [0.15, 0.2) is 6.29 Å². The van der Waals surface area contributed by atoms with Crippen LogP contribution < -0.4 is 0 Å². The van der Waals surface area contributed by atoms with Crippen molar-refractivity contribution in [2.75, 3.05) is 6.61 Å². The fourth-order valence-electron chi connectivity index (χ4n) is 12.6. The molecule has 10 heteroatoms. The number of carbonyl (C=O) groups is 2. The zero-order valence-electron chi connectivity index (χ0n) is 28.3. The summed E-state index contributed by atoms with van der Waals surface area (Å²) in [6.45, 7) is 12.6. The minimum atomic E-state index is -1.51. The lowest BCUT2D eigenvalue weighted by atomic mass is 9.33. The Morgan fingerprint density at radius 2 is 1.57 bits per heavy atom.